The van der Waals surface area contributed by atoms with Gasteiger partial charge in [-0.05, 0) is 13.8 Å². The third-order valence-electron chi connectivity index (χ3n) is 2.00. The van der Waals surface area contributed by atoms with E-state index in [4.69, 9.17) is 0 Å². The Morgan fingerprint density at radius 3 is 2.41 bits per heavy atom. The van der Waals surface area contributed by atoms with Gasteiger partial charge < -0.3 is 0 Å². The highest BCUT2D eigenvalue weighted by atomic mass is 19.4. The molecule has 0 aliphatic rings. The smallest absolute Gasteiger partial charge is 0.242 e. The second kappa shape index (κ2) is 3.79. The molecule has 0 amide bonds. The summed E-state index contributed by atoms with van der Waals surface area (Å²) in [6, 6.07) is 1.47. The second-order valence-electron chi connectivity index (χ2n) is 3.35. The molecule has 0 aromatic carbocycles. The van der Waals surface area contributed by atoms with Crippen LogP contribution in [0.3, 0.4) is 0 Å². The molecule has 90 valence electrons. The molecule has 8 heteroatoms. The normalized spacial score (nSPS) is 11.8. The summed E-state index contributed by atoms with van der Waals surface area (Å²) >= 11 is 0. The first-order valence-electron chi connectivity index (χ1n) is 4.69. The van der Waals surface area contributed by atoms with Crippen LogP contribution in [0.15, 0.2) is 12.3 Å². The summed E-state index contributed by atoms with van der Waals surface area (Å²) in [6.45, 7) is 3.07. The summed E-state index contributed by atoms with van der Waals surface area (Å²) < 4.78 is 38.3. The molecule has 0 N–H and O–H groups in total. The van der Waals surface area contributed by atoms with Gasteiger partial charge in [-0.1, -0.05) is 0 Å². The number of halogens is 3. The molecule has 2 rings (SSSR count). The van der Waals surface area contributed by atoms with Crippen molar-refractivity contribution in [1.82, 2.24) is 24.7 Å². The summed E-state index contributed by atoms with van der Waals surface area (Å²) in [5, 5.41) is 3.38. The fourth-order valence-corrected chi connectivity index (χ4v) is 1.29. The lowest BCUT2D eigenvalue weighted by atomic mass is 10.5. The molecule has 0 aliphatic heterocycles. The Labute approximate surface area is 94.3 Å². The molecule has 5 nitrogen and oxygen atoms in total. The maximum Gasteiger partial charge on any atom is 0.453 e. The molecule has 0 saturated carbocycles. The monoisotopic (exact) mass is 243 g/mol. The number of hydrogen-bond acceptors (Lipinski definition) is 4. The molecule has 0 aliphatic carbocycles. The van der Waals surface area contributed by atoms with E-state index >= 15 is 0 Å². The van der Waals surface area contributed by atoms with Crippen molar-refractivity contribution in [3.63, 3.8) is 0 Å². The van der Waals surface area contributed by atoms with Gasteiger partial charge in [0.15, 0.2) is 5.82 Å². The van der Waals surface area contributed by atoms with Gasteiger partial charge in [-0.25, -0.2) is 15.0 Å². The van der Waals surface area contributed by atoms with E-state index in [1.165, 1.54) is 19.2 Å². The Kier molecular flexibility index (Phi) is 2.56. The standard InChI is InChI=1S/C9H8F3N5/c1-5-13-4-3-7(14-5)17-6(2)15-8(16-17)9(10,11)12/h3-4H,1-2H3. The first kappa shape index (κ1) is 11.5. The summed E-state index contributed by atoms with van der Waals surface area (Å²) in [7, 11) is 0. The number of aromatic nitrogens is 5. The lowest BCUT2D eigenvalue weighted by Crippen LogP contribution is -2.09. The lowest BCUT2D eigenvalue weighted by Gasteiger charge is -2.02. The Morgan fingerprint density at radius 2 is 1.88 bits per heavy atom. The summed E-state index contributed by atoms with van der Waals surface area (Å²) in [5.41, 5.74) is 0. The van der Waals surface area contributed by atoms with Gasteiger partial charge in [0.05, 0.1) is 0 Å². The molecular weight excluding hydrogens is 235 g/mol. The molecule has 2 aromatic heterocycles. The van der Waals surface area contributed by atoms with Crippen molar-refractivity contribution in [2.24, 2.45) is 0 Å². The summed E-state index contributed by atoms with van der Waals surface area (Å²) in [6.07, 6.45) is -3.11. The van der Waals surface area contributed by atoms with Gasteiger partial charge in [-0.2, -0.15) is 17.9 Å². The van der Waals surface area contributed by atoms with Gasteiger partial charge in [0.2, 0.25) is 0 Å². The average molecular weight is 243 g/mol. The third-order valence-corrected chi connectivity index (χ3v) is 2.00. The van der Waals surface area contributed by atoms with E-state index < -0.39 is 12.0 Å². The van der Waals surface area contributed by atoms with Gasteiger partial charge in [-0.15, -0.1) is 5.10 Å². The molecule has 0 saturated heterocycles. The molecule has 2 heterocycles. The van der Waals surface area contributed by atoms with Crippen LogP contribution in [0.5, 0.6) is 0 Å². The van der Waals surface area contributed by atoms with Gasteiger partial charge in [0.1, 0.15) is 11.6 Å². The Bertz CT molecular complexity index is 546. The fourth-order valence-electron chi connectivity index (χ4n) is 1.29. The number of nitrogens with zero attached hydrogens (tertiary/aromatic N) is 5. The van der Waals surface area contributed by atoms with Crippen molar-refractivity contribution in [2.45, 2.75) is 20.0 Å². The van der Waals surface area contributed by atoms with E-state index in [1.54, 1.807) is 6.92 Å². The Balaban J connectivity index is 2.50. The fraction of sp³-hybridized carbons (Fsp3) is 0.333. The highest BCUT2D eigenvalue weighted by Crippen LogP contribution is 2.26. The molecule has 2 aromatic rings. The predicted octanol–water partition coefficient (Wildman–Crippen LogP) is 1.69. The first-order chi connectivity index (χ1) is 7.88. The average Bonchev–Trinajstić information content (AvgIpc) is 2.60. The molecule has 0 bridgehead atoms. The summed E-state index contributed by atoms with van der Waals surface area (Å²) in [4.78, 5) is 11.2. The van der Waals surface area contributed by atoms with Crippen molar-refractivity contribution in [3.8, 4) is 5.82 Å². The Morgan fingerprint density at radius 1 is 1.18 bits per heavy atom. The zero-order valence-corrected chi connectivity index (χ0v) is 9.02. The van der Waals surface area contributed by atoms with E-state index in [-0.39, 0.29) is 11.6 Å². The molecule has 0 atom stereocenters. The first-order valence-corrected chi connectivity index (χ1v) is 4.69. The minimum absolute atomic E-state index is 0.121. The van der Waals surface area contributed by atoms with E-state index in [2.05, 4.69) is 20.1 Å². The van der Waals surface area contributed by atoms with Gasteiger partial charge in [0, 0.05) is 12.3 Å². The van der Waals surface area contributed by atoms with Crippen LogP contribution in [0.4, 0.5) is 13.2 Å². The molecule has 0 radical (unpaired) electrons. The van der Waals surface area contributed by atoms with Gasteiger partial charge >= 0.3 is 6.18 Å². The van der Waals surface area contributed by atoms with Crippen molar-refractivity contribution in [3.05, 3.63) is 29.7 Å². The maximum atomic E-state index is 12.4. The van der Waals surface area contributed by atoms with Crippen LogP contribution in [0.2, 0.25) is 0 Å². The molecule has 17 heavy (non-hydrogen) atoms. The maximum absolute atomic E-state index is 12.4. The van der Waals surface area contributed by atoms with Crippen LogP contribution in [0.25, 0.3) is 5.82 Å². The van der Waals surface area contributed by atoms with Crippen molar-refractivity contribution in [1.29, 1.82) is 0 Å². The third kappa shape index (κ3) is 2.24. The largest absolute Gasteiger partial charge is 0.453 e. The van der Waals surface area contributed by atoms with E-state index in [9.17, 15) is 13.2 Å². The minimum Gasteiger partial charge on any atom is -0.242 e. The number of alkyl halides is 3. The number of hydrogen-bond donors (Lipinski definition) is 0. The molecular formula is C9H8F3N5. The molecule has 0 unspecified atom stereocenters. The van der Waals surface area contributed by atoms with Crippen LogP contribution in [-0.4, -0.2) is 24.7 Å². The van der Waals surface area contributed by atoms with E-state index in [1.807, 2.05) is 0 Å². The minimum atomic E-state index is -4.56. The van der Waals surface area contributed by atoms with E-state index in [0.29, 0.717) is 5.82 Å². The quantitative estimate of drug-likeness (QED) is 0.764. The van der Waals surface area contributed by atoms with E-state index in [0.717, 1.165) is 4.68 Å². The number of aryl methyl sites for hydroxylation is 2. The number of rotatable bonds is 1. The van der Waals surface area contributed by atoms with Crippen LogP contribution in [-0.2, 0) is 6.18 Å². The second-order valence-corrected chi connectivity index (χ2v) is 3.35. The van der Waals surface area contributed by atoms with Crippen molar-refractivity contribution in [2.75, 3.05) is 0 Å². The SMILES string of the molecule is Cc1nccc(-n2nc(C(F)(F)F)nc2C)n1. The van der Waals surface area contributed by atoms with Crippen LogP contribution in [0, 0.1) is 13.8 Å². The topological polar surface area (TPSA) is 56.5 Å². The van der Waals surface area contributed by atoms with Crippen LogP contribution in [0.1, 0.15) is 17.5 Å². The van der Waals surface area contributed by atoms with Crippen molar-refractivity contribution >= 4 is 0 Å². The zero-order valence-electron chi connectivity index (χ0n) is 9.02. The van der Waals surface area contributed by atoms with Crippen molar-refractivity contribution < 1.29 is 13.2 Å². The highest BCUT2D eigenvalue weighted by Gasteiger charge is 2.36. The highest BCUT2D eigenvalue weighted by molar-refractivity contribution is 5.21. The van der Waals surface area contributed by atoms with Gasteiger partial charge in [-0.3, -0.25) is 0 Å². The zero-order chi connectivity index (χ0) is 12.6. The molecule has 0 fully saturated rings. The van der Waals surface area contributed by atoms with Gasteiger partial charge in [0.25, 0.3) is 5.82 Å². The Hall–Kier alpha value is -1.99. The predicted molar refractivity (Wildman–Crippen MR) is 51.4 cm³/mol. The summed E-state index contributed by atoms with van der Waals surface area (Å²) in [5.74, 6) is -0.342. The molecule has 0 spiro atoms. The van der Waals surface area contributed by atoms with Crippen LogP contribution >= 0.6 is 0 Å². The lowest BCUT2D eigenvalue weighted by molar-refractivity contribution is -0.144. The van der Waals surface area contributed by atoms with Crippen LogP contribution < -0.4 is 0 Å².